The van der Waals surface area contributed by atoms with E-state index in [1.165, 1.54) is 31.5 Å². The summed E-state index contributed by atoms with van der Waals surface area (Å²) in [5.41, 5.74) is -1.54. The molecule has 1 saturated heterocycles. The zero-order valence-corrected chi connectivity index (χ0v) is 18.7. The first kappa shape index (κ1) is 24.3. The monoisotopic (exact) mass is 492 g/mol. The second-order valence-corrected chi connectivity index (χ2v) is 8.36. The Labute approximate surface area is 198 Å². The summed E-state index contributed by atoms with van der Waals surface area (Å²) in [7, 11) is 1.27. The van der Waals surface area contributed by atoms with E-state index in [-0.39, 0.29) is 42.2 Å². The summed E-state index contributed by atoms with van der Waals surface area (Å²) < 4.78 is 50.3. The number of alkyl halides is 3. The number of nitrogens with one attached hydrogen (secondary N) is 3. The number of amides is 3. The predicted octanol–water partition coefficient (Wildman–Crippen LogP) is 2.44. The quantitative estimate of drug-likeness (QED) is 0.521. The van der Waals surface area contributed by atoms with Gasteiger partial charge in [0.05, 0.1) is 25.5 Å². The summed E-state index contributed by atoms with van der Waals surface area (Å²) in [4.78, 5) is 40.4. The minimum absolute atomic E-state index is 0.0477. The normalized spacial score (nSPS) is 18.4. The van der Waals surface area contributed by atoms with Crippen LogP contribution in [0.5, 0.6) is 17.2 Å². The van der Waals surface area contributed by atoms with Crippen molar-refractivity contribution in [1.29, 1.82) is 0 Å². The average Bonchev–Trinajstić information content (AvgIpc) is 3.48. The van der Waals surface area contributed by atoms with Crippen LogP contribution in [0.2, 0.25) is 0 Å². The fourth-order valence-electron chi connectivity index (χ4n) is 3.66. The van der Waals surface area contributed by atoms with Crippen molar-refractivity contribution in [2.45, 2.75) is 50.0 Å². The zero-order chi connectivity index (χ0) is 25.2. The number of nitrogens with zero attached hydrogens (tertiary/aromatic N) is 1. The highest BCUT2D eigenvalue weighted by atomic mass is 19.4. The highest BCUT2D eigenvalue weighted by Crippen LogP contribution is 2.40. The fourth-order valence-corrected chi connectivity index (χ4v) is 3.66. The van der Waals surface area contributed by atoms with Crippen molar-refractivity contribution < 1.29 is 37.0 Å². The third-order valence-corrected chi connectivity index (χ3v) is 5.81. The molecule has 1 saturated carbocycles. The van der Waals surface area contributed by atoms with Crippen molar-refractivity contribution in [1.82, 2.24) is 20.9 Å². The van der Waals surface area contributed by atoms with Gasteiger partial charge in [0.1, 0.15) is 34.4 Å². The van der Waals surface area contributed by atoms with Crippen molar-refractivity contribution >= 4 is 17.7 Å². The molecular weight excluding hydrogens is 469 g/mol. The number of methoxy groups -OCH3 is 1. The van der Waals surface area contributed by atoms with Gasteiger partial charge in [0.25, 0.3) is 0 Å². The molecule has 1 unspecified atom stereocenters. The van der Waals surface area contributed by atoms with E-state index < -0.39 is 29.1 Å². The van der Waals surface area contributed by atoms with Crippen molar-refractivity contribution in [2.75, 3.05) is 7.11 Å². The van der Waals surface area contributed by atoms with Crippen LogP contribution in [0.15, 0.2) is 36.5 Å². The van der Waals surface area contributed by atoms with E-state index in [0.717, 1.165) is 12.1 Å². The lowest BCUT2D eigenvalue weighted by Crippen LogP contribution is -2.53. The SMILES string of the molecule is COc1ccc(Oc2ccc(CNC(=O)C3(NC(=O)C4CCC(=O)N4)CC3)nc2)c(C(F)(F)F)c1. The van der Waals surface area contributed by atoms with Crippen LogP contribution in [-0.4, -0.2) is 41.4 Å². The van der Waals surface area contributed by atoms with Crippen LogP contribution < -0.4 is 25.4 Å². The predicted molar refractivity (Wildman–Crippen MR) is 115 cm³/mol. The lowest BCUT2D eigenvalue weighted by atomic mass is 10.1. The van der Waals surface area contributed by atoms with Crippen LogP contribution in [-0.2, 0) is 27.1 Å². The van der Waals surface area contributed by atoms with Crippen molar-refractivity contribution in [3.8, 4) is 17.2 Å². The summed E-state index contributed by atoms with van der Waals surface area (Å²) in [6, 6.07) is 5.69. The molecule has 1 aromatic carbocycles. The molecule has 4 rings (SSSR count). The lowest BCUT2D eigenvalue weighted by Gasteiger charge is -2.19. The molecule has 1 aliphatic heterocycles. The Kier molecular flexibility index (Phi) is 6.55. The number of carbonyl (C=O) groups is 3. The molecule has 1 aromatic heterocycles. The number of carbonyl (C=O) groups excluding carboxylic acids is 3. The highest BCUT2D eigenvalue weighted by molar-refractivity contribution is 5.97. The molecule has 9 nitrogen and oxygen atoms in total. The van der Waals surface area contributed by atoms with Gasteiger partial charge in [0.2, 0.25) is 17.7 Å². The molecule has 0 spiro atoms. The zero-order valence-electron chi connectivity index (χ0n) is 18.7. The maximum absolute atomic E-state index is 13.4. The Morgan fingerprint density at radius 2 is 1.94 bits per heavy atom. The van der Waals surface area contributed by atoms with Crippen molar-refractivity contribution in [3.05, 3.63) is 47.8 Å². The van der Waals surface area contributed by atoms with Gasteiger partial charge in [0.15, 0.2) is 0 Å². The minimum Gasteiger partial charge on any atom is -0.497 e. The molecule has 186 valence electrons. The smallest absolute Gasteiger partial charge is 0.420 e. The fraction of sp³-hybridized carbons (Fsp3) is 0.391. The number of benzene rings is 1. The van der Waals surface area contributed by atoms with Crippen LogP contribution in [0, 0.1) is 0 Å². The standard InChI is InChI=1S/C23H23F3N4O5/c1-34-14-4-6-18(16(10-14)23(24,25)26)35-15-3-2-13(27-12-15)11-28-21(33)22(8-9-22)30-20(32)17-5-7-19(31)29-17/h2-4,6,10,12,17H,5,7-9,11H2,1H3,(H,28,33)(H,29,31)(H,30,32). The highest BCUT2D eigenvalue weighted by Gasteiger charge is 2.52. The molecule has 3 N–H and O–H groups in total. The van der Waals surface area contributed by atoms with Gasteiger partial charge in [-0.2, -0.15) is 13.2 Å². The lowest BCUT2D eigenvalue weighted by molar-refractivity contribution is -0.138. The van der Waals surface area contributed by atoms with Gasteiger partial charge >= 0.3 is 6.18 Å². The molecule has 1 atom stereocenters. The topological polar surface area (TPSA) is 119 Å². The molecule has 2 aliphatic rings. The number of hydrogen-bond acceptors (Lipinski definition) is 6. The third kappa shape index (κ3) is 5.64. The molecule has 12 heteroatoms. The largest absolute Gasteiger partial charge is 0.497 e. The van der Waals surface area contributed by atoms with E-state index in [1.54, 1.807) is 0 Å². The number of rotatable bonds is 8. The molecule has 2 heterocycles. The Bertz CT molecular complexity index is 1130. The van der Waals surface area contributed by atoms with E-state index in [2.05, 4.69) is 20.9 Å². The third-order valence-electron chi connectivity index (χ3n) is 5.81. The summed E-state index contributed by atoms with van der Waals surface area (Å²) in [6.07, 6.45) is -1.76. The Balaban J connectivity index is 1.33. The first-order chi connectivity index (χ1) is 16.6. The number of pyridine rings is 1. The van der Waals surface area contributed by atoms with Crippen molar-refractivity contribution in [3.63, 3.8) is 0 Å². The van der Waals surface area contributed by atoms with E-state index in [1.807, 2.05) is 0 Å². The van der Waals surface area contributed by atoms with Gasteiger partial charge in [-0.15, -0.1) is 0 Å². The van der Waals surface area contributed by atoms with Gasteiger partial charge < -0.3 is 25.4 Å². The maximum atomic E-state index is 13.4. The summed E-state index contributed by atoms with van der Waals surface area (Å²) in [5.74, 6) is -1.22. The van der Waals surface area contributed by atoms with Crippen LogP contribution in [0.25, 0.3) is 0 Å². The first-order valence-corrected chi connectivity index (χ1v) is 10.9. The summed E-state index contributed by atoms with van der Waals surface area (Å²) in [6.45, 7) is 0.0488. The number of aromatic nitrogens is 1. The van der Waals surface area contributed by atoms with Crippen LogP contribution in [0.1, 0.15) is 36.9 Å². The molecule has 35 heavy (non-hydrogen) atoms. The van der Waals surface area contributed by atoms with Gasteiger partial charge in [-0.25, -0.2) is 0 Å². The van der Waals surface area contributed by atoms with Crippen LogP contribution in [0.3, 0.4) is 0 Å². The molecule has 0 bridgehead atoms. The molecule has 2 aromatic rings. The average molecular weight is 492 g/mol. The van der Waals surface area contributed by atoms with E-state index in [4.69, 9.17) is 9.47 Å². The van der Waals surface area contributed by atoms with Crippen molar-refractivity contribution in [2.24, 2.45) is 0 Å². The first-order valence-electron chi connectivity index (χ1n) is 10.9. The van der Waals surface area contributed by atoms with Gasteiger partial charge in [-0.3, -0.25) is 19.4 Å². The van der Waals surface area contributed by atoms with Crippen LogP contribution in [0.4, 0.5) is 13.2 Å². The van der Waals surface area contributed by atoms with Gasteiger partial charge in [0, 0.05) is 6.42 Å². The van der Waals surface area contributed by atoms with E-state index in [0.29, 0.717) is 25.0 Å². The Morgan fingerprint density at radius 3 is 2.51 bits per heavy atom. The van der Waals surface area contributed by atoms with Gasteiger partial charge in [-0.05, 0) is 49.6 Å². The molecule has 2 fully saturated rings. The van der Waals surface area contributed by atoms with Crippen LogP contribution >= 0.6 is 0 Å². The van der Waals surface area contributed by atoms with Gasteiger partial charge in [-0.1, -0.05) is 0 Å². The molecule has 0 radical (unpaired) electrons. The Hall–Kier alpha value is -3.83. The molecule has 1 aliphatic carbocycles. The summed E-state index contributed by atoms with van der Waals surface area (Å²) >= 11 is 0. The maximum Gasteiger partial charge on any atom is 0.420 e. The second-order valence-electron chi connectivity index (χ2n) is 8.36. The number of hydrogen-bond donors (Lipinski definition) is 3. The van der Waals surface area contributed by atoms with E-state index >= 15 is 0 Å². The summed E-state index contributed by atoms with van der Waals surface area (Å²) in [5, 5.41) is 8.00. The molecule has 3 amide bonds. The Morgan fingerprint density at radius 1 is 1.20 bits per heavy atom. The molecular formula is C23H23F3N4O5. The number of ether oxygens (including phenoxy) is 2. The second kappa shape index (κ2) is 9.43. The minimum atomic E-state index is -4.64. The van der Waals surface area contributed by atoms with E-state index in [9.17, 15) is 27.6 Å². The number of halogens is 3.